The number of nitrogens with zero attached hydrogens (tertiary/aromatic N) is 1. The van der Waals surface area contributed by atoms with E-state index in [1.165, 1.54) is 0 Å². The smallest absolute Gasteiger partial charge is 0.251 e. The standard InChI is InChI=1S/C17H23N3O2.ClH/c1-18-15-4-3-11-20(12-15)16(21)10-7-13-5-8-14(9-6-13)17(22)19-2;/h5-10,15,18H,3-4,11-12H2,1-2H3,(H,19,22);1H/b10-7+;. The summed E-state index contributed by atoms with van der Waals surface area (Å²) in [5, 5.41) is 5.81. The third-order valence-electron chi connectivity index (χ3n) is 3.96. The Hall–Kier alpha value is -1.85. The molecule has 1 atom stereocenters. The lowest BCUT2D eigenvalue weighted by Crippen LogP contribution is -2.46. The van der Waals surface area contributed by atoms with Gasteiger partial charge < -0.3 is 15.5 Å². The summed E-state index contributed by atoms with van der Waals surface area (Å²) < 4.78 is 0. The number of carbonyl (C=O) groups is 2. The van der Waals surface area contributed by atoms with Gasteiger partial charge in [0, 0.05) is 37.8 Å². The summed E-state index contributed by atoms with van der Waals surface area (Å²) in [6.07, 6.45) is 5.54. The van der Waals surface area contributed by atoms with E-state index in [9.17, 15) is 9.59 Å². The molecule has 6 heteroatoms. The van der Waals surface area contributed by atoms with Crippen LogP contribution in [-0.4, -0.2) is 49.9 Å². The molecule has 1 aromatic carbocycles. The van der Waals surface area contributed by atoms with E-state index in [1.807, 2.05) is 24.1 Å². The van der Waals surface area contributed by atoms with Crippen molar-refractivity contribution in [3.63, 3.8) is 0 Å². The zero-order chi connectivity index (χ0) is 15.9. The number of piperidine rings is 1. The van der Waals surface area contributed by atoms with Crippen molar-refractivity contribution in [3.8, 4) is 0 Å². The minimum atomic E-state index is -0.113. The average molecular weight is 338 g/mol. The number of amides is 2. The molecule has 0 aromatic heterocycles. The lowest BCUT2D eigenvalue weighted by Gasteiger charge is -2.31. The molecule has 0 bridgehead atoms. The summed E-state index contributed by atoms with van der Waals surface area (Å²) in [7, 11) is 3.54. The Bertz CT molecular complexity index is 557. The van der Waals surface area contributed by atoms with Crippen LogP contribution in [0.4, 0.5) is 0 Å². The van der Waals surface area contributed by atoms with Crippen LogP contribution in [0.15, 0.2) is 30.3 Å². The summed E-state index contributed by atoms with van der Waals surface area (Å²) in [5.41, 5.74) is 1.52. The fraction of sp³-hybridized carbons (Fsp3) is 0.412. The van der Waals surface area contributed by atoms with Crippen LogP contribution in [0, 0.1) is 0 Å². The molecule has 1 heterocycles. The highest BCUT2D eigenvalue weighted by atomic mass is 35.5. The van der Waals surface area contributed by atoms with E-state index in [0.29, 0.717) is 11.6 Å². The summed E-state index contributed by atoms with van der Waals surface area (Å²) >= 11 is 0. The number of nitrogens with one attached hydrogen (secondary N) is 2. The maximum atomic E-state index is 12.2. The van der Waals surface area contributed by atoms with Crippen molar-refractivity contribution >= 4 is 30.3 Å². The van der Waals surface area contributed by atoms with Crippen LogP contribution in [-0.2, 0) is 4.79 Å². The van der Waals surface area contributed by atoms with E-state index in [1.54, 1.807) is 31.3 Å². The van der Waals surface area contributed by atoms with Gasteiger partial charge in [-0.1, -0.05) is 12.1 Å². The maximum absolute atomic E-state index is 12.2. The van der Waals surface area contributed by atoms with E-state index >= 15 is 0 Å². The second kappa shape index (κ2) is 9.33. The highest BCUT2D eigenvalue weighted by molar-refractivity contribution is 5.94. The van der Waals surface area contributed by atoms with Crippen LogP contribution in [0.3, 0.4) is 0 Å². The number of halogens is 1. The van der Waals surface area contributed by atoms with Crippen LogP contribution in [0.5, 0.6) is 0 Å². The number of carbonyl (C=O) groups excluding carboxylic acids is 2. The van der Waals surface area contributed by atoms with Crippen LogP contribution in [0.1, 0.15) is 28.8 Å². The molecule has 1 aliphatic rings. The summed E-state index contributed by atoms with van der Waals surface area (Å²) in [5.74, 6) is -0.0756. The molecule has 126 valence electrons. The molecule has 2 rings (SSSR count). The Balaban J connectivity index is 0.00000264. The first-order chi connectivity index (χ1) is 10.6. The first kappa shape index (κ1) is 19.2. The molecule has 23 heavy (non-hydrogen) atoms. The van der Waals surface area contributed by atoms with E-state index in [0.717, 1.165) is 31.5 Å². The lowest BCUT2D eigenvalue weighted by molar-refractivity contribution is -0.127. The molecule has 0 radical (unpaired) electrons. The van der Waals surface area contributed by atoms with Crippen molar-refractivity contribution in [1.82, 2.24) is 15.5 Å². The van der Waals surface area contributed by atoms with Crippen LogP contribution >= 0.6 is 12.4 Å². The molecule has 1 aliphatic heterocycles. The molecular weight excluding hydrogens is 314 g/mol. The predicted octanol–water partition coefficient (Wildman–Crippen LogP) is 1.69. The maximum Gasteiger partial charge on any atom is 0.251 e. The average Bonchev–Trinajstić information content (AvgIpc) is 2.59. The van der Waals surface area contributed by atoms with E-state index in [-0.39, 0.29) is 24.2 Å². The monoisotopic (exact) mass is 337 g/mol. The predicted molar refractivity (Wildman–Crippen MR) is 94.8 cm³/mol. The van der Waals surface area contributed by atoms with Gasteiger partial charge in [-0.15, -0.1) is 12.4 Å². The Labute approximate surface area is 143 Å². The van der Waals surface area contributed by atoms with Crippen molar-refractivity contribution in [1.29, 1.82) is 0 Å². The third-order valence-corrected chi connectivity index (χ3v) is 3.96. The number of rotatable bonds is 4. The fourth-order valence-corrected chi connectivity index (χ4v) is 2.58. The Morgan fingerprint density at radius 1 is 1.22 bits per heavy atom. The minimum absolute atomic E-state index is 0. The second-order valence-corrected chi connectivity index (χ2v) is 5.45. The van der Waals surface area contributed by atoms with Crippen molar-refractivity contribution in [2.24, 2.45) is 0 Å². The molecular formula is C17H24ClN3O2. The Morgan fingerprint density at radius 3 is 2.52 bits per heavy atom. The SMILES string of the molecule is CNC(=O)c1ccc(/C=C/C(=O)N2CCCC(NC)C2)cc1.Cl. The van der Waals surface area contributed by atoms with E-state index in [2.05, 4.69) is 10.6 Å². The van der Waals surface area contributed by atoms with Crippen molar-refractivity contribution in [2.75, 3.05) is 27.2 Å². The first-order valence-electron chi connectivity index (χ1n) is 7.60. The molecule has 1 fully saturated rings. The first-order valence-corrected chi connectivity index (χ1v) is 7.60. The summed E-state index contributed by atoms with van der Waals surface area (Å²) in [6.45, 7) is 1.58. The van der Waals surface area contributed by atoms with Gasteiger partial charge >= 0.3 is 0 Å². The van der Waals surface area contributed by atoms with Crippen LogP contribution in [0.25, 0.3) is 6.08 Å². The highest BCUT2D eigenvalue weighted by Crippen LogP contribution is 2.11. The van der Waals surface area contributed by atoms with Gasteiger partial charge in [0.1, 0.15) is 0 Å². The molecule has 1 saturated heterocycles. The Morgan fingerprint density at radius 2 is 1.91 bits per heavy atom. The quantitative estimate of drug-likeness (QED) is 0.822. The minimum Gasteiger partial charge on any atom is -0.355 e. The van der Waals surface area contributed by atoms with Crippen molar-refractivity contribution in [2.45, 2.75) is 18.9 Å². The molecule has 2 N–H and O–H groups in total. The lowest BCUT2D eigenvalue weighted by atomic mass is 10.1. The Kier molecular flexibility index (Phi) is 7.78. The second-order valence-electron chi connectivity index (χ2n) is 5.45. The van der Waals surface area contributed by atoms with Gasteiger partial charge in [0.15, 0.2) is 0 Å². The topological polar surface area (TPSA) is 61.4 Å². The number of hydrogen-bond donors (Lipinski definition) is 2. The van der Waals surface area contributed by atoms with Gasteiger partial charge in [0.25, 0.3) is 5.91 Å². The molecule has 0 spiro atoms. The normalized spacial score (nSPS) is 17.7. The molecule has 2 amide bonds. The zero-order valence-electron chi connectivity index (χ0n) is 13.5. The van der Waals surface area contributed by atoms with Crippen molar-refractivity contribution < 1.29 is 9.59 Å². The summed E-state index contributed by atoms with van der Waals surface area (Å²) in [4.78, 5) is 25.5. The third kappa shape index (κ3) is 5.37. The highest BCUT2D eigenvalue weighted by Gasteiger charge is 2.20. The largest absolute Gasteiger partial charge is 0.355 e. The van der Waals surface area contributed by atoms with E-state index in [4.69, 9.17) is 0 Å². The van der Waals surface area contributed by atoms with E-state index < -0.39 is 0 Å². The number of hydrogen-bond acceptors (Lipinski definition) is 3. The van der Waals surface area contributed by atoms with Crippen LogP contribution < -0.4 is 10.6 Å². The van der Waals surface area contributed by atoms with Gasteiger partial charge in [-0.2, -0.15) is 0 Å². The molecule has 0 aliphatic carbocycles. The number of likely N-dealkylation sites (N-methyl/N-ethyl adjacent to an activating group) is 1. The molecule has 1 aromatic rings. The molecule has 0 saturated carbocycles. The van der Waals surface area contributed by atoms with Gasteiger partial charge in [-0.05, 0) is 43.7 Å². The molecule has 1 unspecified atom stereocenters. The summed E-state index contributed by atoms with van der Waals surface area (Å²) in [6, 6.07) is 7.56. The van der Waals surface area contributed by atoms with Gasteiger partial charge in [-0.3, -0.25) is 9.59 Å². The number of benzene rings is 1. The molecule has 5 nitrogen and oxygen atoms in total. The van der Waals surface area contributed by atoms with Gasteiger partial charge in [0.2, 0.25) is 5.91 Å². The zero-order valence-corrected chi connectivity index (χ0v) is 14.4. The van der Waals surface area contributed by atoms with Gasteiger partial charge in [0.05, 0.1) is 0 Å². The van der Waals surface area contributed by atoms with Crippen molar-refractivity contribution in [3.05, 3.63) is 41.5 Å². The fourth-order valence-electron chi connectivity index (χ4n) is 2.58. The van der Waals surface area contributed by atoms with Gasteiger partial charge in [-0.25, -0.2) is 0 Å². The number of likely N-dealkylation sites (tertiary alicyclic amines) is 1. The van der Waals surface area contributed by atoms with Crippen LogP contribution in [0.2, 0.25) is 0 Å².